The summed E-state index contributed by atoms with van der Waals surface area (Å²) in [6.45, 7) is 8.62. The van der Waals surface area contributed by atoms with Crippen LogP contribution in [0.2, 0.25) is 0 Å². The number of esters is 1. The molecule has 6 heteroatoms. The van der Waals surface area contributed by atoms with Crippen LogP contribution in [0.4, 0.5) is 0 Å². The molecule has 1 unspecified atom stereocenters. The molecule has 0 N–H and O–H groups in total. The van der Waals surface area contributed by atoms with E-state index >= 15 is 0 Å². The van der Waals surface area contributed by atoms with Gasteiger partial charge < -0.3 is 9.47 Å². The first-order valence-corrected chi connectivity index (χ1v) is 14.0. The lowest BCUT2D eigenvalue weighted by Gasteiger charge is -2.32. The van der Waals surface area contributed by atoms with Gasteiger partial charge in [0.1, 0.15) is 5.75 Å². The van der Waals surface area contributed by atoms with E-state index in [1.54, 1.807) is 0 Å². The van der Waals surface area contributed by atoms with Crippen molar-refractivity contribution in [1.82, 2.24) is 5.06 Å². The molecule has 1 radical (unpaired) electrons. The number of unbranched alkanes of at least 4 members (excludes halogenated alkanes) is 7. The number of ether oxygens (including phenoxy) is 2. The average molecular weight is 520 g/mol. The van der Waals surface area contributed by atoms with Gasteiger partial charge in [-0.05, 0) is 82.3 Å². The van der Waals surface area contributed by atoms with Gasteiger partial charge in [0.2, 0.25) is 0 Å². The van der Waals surface area contributed by atoms with Gasteiger partial charge in [0, 0.05) is 5.54 Å². The monoisotopic (exact) mass is 519 g/mol. The van der Waals surface area contributed by atoms with Gasteiger partial charge in [0.05, 0.1) is 36.3 Å². The number of rotatable bonds is 14. The normalized spacial score (nSPS) is 18.2. The minimum atomic E-state index is -0.719. The predicted octanol–water partition coefficient (Wildman–Crippen LogP) is 7.49. The maximum absolute atomic E-state index is 12.5. The van der Waals surface area contributed by atoms with Crippen molar-refractivity contribution >= 4 is 5.97 Å². The van der Waals surface area contributed by atoms with Gasteiger partial charge in [0.25, 0.3) is 0 Å². The highest BCUT2D eigenvalue weighted by molar-refractivity contribution is 5.74. The fourth-order valence-electron chi connectivity index (χ4n) is 5.33. The number of benzene rings is 2. The van der Waals surface area contributed by atoms with Crippen LogP contribution < -0.4 is 4.74 Å². The smallest absolute Gasteiger partial charge is 0.310 e. The SMILES string of the molecule is CC1(C)CC(C(=O)OCCCCCCCCCCOc2ccc(-c3ccc(C#N)cc3)cc2)C(C)(C)N1[O]. The van der Waals surface area contributed by atoms with Crippen LogP contribution >= 0.6 is 0 Å². The first kappa shape index (κ1) is 29.7. The maximum atomic E-state index is 12.5. The van der Waals surface area contributed by atoms with Crippen molar-refractivity contribution in [2.24, 2.45) is 5.92 Å². The van der Waals surface area contributed by atoms with Gasteiger partial charge in [-0.3, -0.25) is 4.79 Å². The molecule has 0 amide bonds. The van der Waals surface area contributed by atoms with Crippen molar-refractivity contribution < 1.29 is 19.5 Å². The molecule has 1 fully saturated rings. The number of hydroxylamine groups is 2. The lowest BCUT2D eigenvalue weighted by molar-refractivity contribution is -0.248. The van der Waals surface area contributed by atoms with Crippen LogP contribution in [0.15, 0.2) is 48.5 Å². The standard InChI is InChI=1S/C32H43N2O4/c1-31(2)23-29(32(3,4)34(31)36)30(35)38-22-12-10-8-6-5-7-9-11-21-37-28-19-17-27(18-20-28)26-15-13-25(24-33)14-16-26/h13-20,29H,5-12,21-23H2,1-4H3. The van der Waals surface area contributed by atoms with E-state index in [-0.39, 0.29) is 11.9 Å². The molecule has 1 heterocycles. The molecule has 2 aromatic carbocycles. The highest BCUT2D eigenvalue weighted by Crippen LogP contribution is 2.44. The van der Waals surface area contributed by atoms with Gasteiger partial charge in [-0.25, -0.2) is 0 Å². The summed E-state index contributed by atoms with van der Waals surface area (Å²) in [5, 5.41) is 22.4. The van der Waals surface area contributed by atoms with E-state index < -0.39 is 11.1 Å². The minimum absolute atomic E-state index is 0.231. The van der Waals surface area contributed by atoms with Gasteiger partial charge in [-0.2, -0.15) is 5.26 Å². The molecular weight excluding hydrogens is 476 g/mol. The largest absolute Gasteiger partial charge is 0.494 e. The Labute approximate surface area is 228 Å². The van der Waals surface area contributed by atoms with Gasteiger partial charge in [-0.1, -0.05) is 62.8 Å². The molecule has 38 heavy (non-hydrogen) atoms. The first-order valence-electron chi connectivity index (χ1n) is 14.0. The van der Waals surface area contributed by atoms with Crippen molar-refractivity contribution in [1.29, 1.82) is 5.26 Å². The van der Waals surface area contributed by atoms with Crippen LogP contribution in [0.25, 0.3) is 11.1 Å². The zero-order chi connectivity index (χ0) is 27.6. The molecule has 1 atom stereocenters. The molecule has 0 aromatic heterocycles. The molecule has 205 valence electrons. The molecule has 0 spiro atoms. The molecule has 6 nitrogen and oxygen atoms in total. The van der Waals surface area contributed by atoms with Crippen LogP contribution in [-0.4, -0.2) is 35.3 Å². The Kier molecular flexibility index (Phi) is 10.8. The number of nitriles is 1. The van der Waals surface area contributed by atoms with Gasteiger partial charge >= 0.3 is 5.97 Å². The number of carbonyl (C=O) groups excluding carboxylic acids is 1. The fourth-order valence-corrected chi connectivity index (χ4v) is 5.33. The second kappa shape index (κ2) is 13.8. The summed E-state index contributed by atoms with van der Waals surface area (Å²) in [5.41, 5.74) is 1.62. The van der Waals surface area contributed by atoms with Crippen LogP contribution in [0, 0.1) is 17.2 Å². The topological polar surface area (TPSA) is 82.5 Å². The van der Waals surface area contributed by atoms with E-state index in [1.165, 1.54) is 19.3 Å². The van der Waals surface area contributed by atoms with Crippen LogP contribution in [-0.2, 0) is 14.7 Å². The zero-order valence-corrected chi connectivity index (χ0v) is 23.5. The van der Waals surface area contributed by atoms with E-state index in [4.69, 9.17) is 14.7 Å². The Bertz CT molecular complexity index is 1050. The van der Waals surface area contributed by atoms with Crippen LogP contribution in [0.1, 0.15) is 91.0 Å². The van der Waals surface area contributed by atoms with Crippen molar-refractivity contribution in [2.45, 2.75) is 96.6 Å². The Balaban J connectivity index is 1.18. The molecule has 1 saturated heterocycles. The summed E-state index contributed by atoms with van der Waals surface area (Å²) in [7, 11) is 0. The van der Waals surface area contributed by atoms with E-state index in [0.29, 0.717) is 18.6 Å². The Morgan fingerprint density at radius 2 is 1.34 bits per heavy atom. The van der Waals surface area contributed by atoms with Crippen LogP contribution in [0.5, 0.6) is 5.75 Å². The number of hydrogen-bond donors (Lipinski definition) is 0. The van der Waals surface area contributed by atoms with Crippen molar-refractivity contribution in [3.05, 3.63) is 54.1 Å². The van der Waals surface area contributed by atoms with E-state index in [1.807, 2.05) is 76.2 Å². The highest BCUT2D eigenvalue weighted by atomic mass is 16.5. The Morgan fingerprint density at radius 3 is 1.84 bits per heavy atom. The van der Waals surface area contributed by atoms with Crippen LogP contribution in [0.3, 0.4) is 0 Å². The molecule has 1 aliphatic rings. The third kappa shape index (κ3) is 8.06. The van der Waals surface area contributed by atoms with E-state index in [2.05, 4.69) is 6.07 Å². The molecule has 0 saturated carbocycles. The van der Waals surface area contributed by atoms with Gasteiger partial charge in [-0.15, -0.1) is 10.3 Å². The highest BCUT2D eigenvalue weighted by Gasteiger charge is 2.55. The number of nitrogens with zero attached hydrogens (tertiary/aromatic N) is 2. The summed E-state index contributed by atoms with van der Waals surface area (Å²) >= 11 is 0. The second-order valence-electron chi connectivity index (χ2n) is 11.6. The summed E-state index contributed by atoms with van der Waals surface area (Å²) in [6.07, 6.45) is 9.44. The number of hydrogen-bond acceptors (Lipinski definition) is 5. The van der Waals surface area contributed by atoms with E-state index in [0.717, 1.165) is 60.7 Å². The fraction of sp³-hybridized carbons (Fsp3) is 0.562. The molecule has 0 bridgehead atoms. The maximum Gasteiger partial charge on any atom is 0.310 e. The third-order valence-electron chi connectivity index (χ3n) is 7.67. The summed E-state index contributed by atoms with van der Waals surface area (Å²) < 4.78 is 11.4. The zero-order valence-electron chi connectivity index (χ0n) is 23.5. The van der Waals surface area contributed by atoms with Gasteiger partial charge in [0.15, 0.2) is 0 Å². The molecule has 3 rings (SSSR count). The quantitative estimate of drug-likeness (QED) is 0.191. The first-order chi connectivity index (χ1) is 18.1. The molecule has 0 aliphatic carbocycles. The second-order valence-corrected chi connectivity index (χ2v) is 11.6. The average Bonchev–Trinajstić information content (AvgIpc) is 3.08. The Morgan fingerprint density at radius 1 is 0.842 bits per heavy atom. The van der Waals surface area contributed by atoms with Crippen molar-refractivity contribution in [3.8, 4) is 22.9 Å². The third-order valence-corrected chi connectivity index (χ3v) is 7.67. The minimum Gasteiger partial charge on any atom is -0.494 e. The summed E-state index contributed by atoms with van der Waals surface area (Å²) in [5.74, 6) is 0.284. The summed E-state index contributed by atoms with van der Waals surface area (Å²) in [4.78, 5) is 12.5. The number of carbonyl (C=O) groups is 1. The molecular formula is C32H43N2O4. The lowest BCUT2D eigenvalue weighted by atomic mass is 9.87. The van der Waals surface area contributed by atoms with E-state index in [9.17, 15) is 10.0 Å². The van der Waals surface area contributed by atoms with Crippen molar-refractivity contribution in [2.75, 3.05) is 13.2 Å². The molecule has 1 aliphatic heterocycles. The van der Waals surface area contributed by atoms with Crippen molar-refractivity contribution in [3.63, 3.8) is 0 Å². The predicted molar refractivity (Wildman–Crippen MR) is 149 cm³/mol. The molecule has 2 aromatic rings. The summed E-state index contributed by atoms with van der Waals surface area (Å²) in [6, 6.07) is 17.8. The lowest BCUT2D eigenvalue weighted by Crippen LogP contribution is -2.47. The Hall–Kier alpha value is -2.88.